The van der Waals surface area contributed by atoms with Crippen molar-refractivity contribution >= 4 is 32.4 Å². The molecule has 3 aromatic heterocycles. The largest absolute Gasteiger partial charge is 0.345 e. The summed E-state index contributed by atoms with van der Waals surface area (Å²) in [6.07, 6.45) is 3.37. The van der Waals surface area contributed by atoms with Gasteiger partial charge < -0.3 is 4.98 Å². The average Bonchev–Trinajstić information content (AvgIpc) is 3.26. The van der Waals surface area contributed by atoms with Crippen LogP contribution in [0.15, 0.2) is 46.9 Å². The van der Waals surface area contributed by atoms with Gasteiger partial charge in [-0.2, -0.15) is 4.72 Å². The van der Waals surface area contributed by atoms with Crippen LogP contribution in [0, 0.1) is 0 Å². The van der Waals surface area contributed by atoms with Crippen LogP contribution in [0.2, 0.25) is 0 Å². The van der Waals surface area contributed by atoms with Gasteiger partial charge in [0.15, 0.2) is 0 Å². The van der Waals surface area contributed by atoms with E-state index < -0.39 is 10.0 Å². The third-order valence-electron chi connectivity index (χ3n) is 3.79. The highest BCUT2D eigenvalue weighted by atomic mass is 32.2. The maximum Gasteiger partial charge on any atom is 0.244 e. The van der Waals surface area contributed by atoms with Crippen LogP contribution in [0.25, 0.3) is 11.0 Å². The maximum atomic E-state index is 12.6. The highest BCUT2D eigenvalue weighted by Crippen LogP contribution is 2.26. The molecule has 0 radical (unpaired) electrons. The average molecular weight is 349 g/mol. The van der Waals surface area contributed by atoms with Gasteiger partial charge in [-0.05, 0) is 30.0 Å². The van der Waals surface area contributed by atoms with Crippen LogP contribution >= 0.6 is 11.3 Å². The number of hydrazine groups is 1. The van der Waals surface area contributed by atoms with Gasteiger partial charge in [-0.15, -0.1) is 11.3 Å². The number of nitrogens with one attached hydrogen (secondary N) is 4. The van der Waals surface area contributed by atoms with E-state index in [1.165, 1.54) is 11.1 Å². The molecule has 4 N–H and O–H groups in total. The molecule has 23 heavy (non-hydrogen) atoms. The molecule has 1 saturated heterocycles. The summed E-state index contributed by atoms with van der Waals surface area (Å²) in [7, 11) is -3.64. The van der Waals surface area contributed by atoms with E-state index in [2.05, 4.69) is 25.5 Å². The van der Waals surface area contributed by atoms with Gasteiger partial charge in [-0.3, -0.25) is 0 Å². The fourth-order valence-corrected chi connectivity index (χ4v) is 4.83. The van der Waals surface area contributed by atoms with Crippen molar-refractivity contribution in [1.82, 2.24) is 25.5 Å². The molecule has 2 atom stereocenters. The monoisotopic (exact) mass is 349 g/mol. The van der Waals surface area contributed by atoms with Crippen LogP contribution in [0.1, 0.15) is 17.3 Å². The lowest BCUT2D eigenvalue weighted by atomic mass is 10.2. The van der Waals surface area contributed by atoms with E-state index in [1.54, 1.807) is 29.7 Å². The normalized spacial score (nSPS) is 21.9. The van der Waals surface area contributed by atoms with Crippen LogP contribution in [0.5, 0.6) is 0 Å². The number of nitrogens with zero attached hydrogens (tertiary/aromatic N) is 1. The fraction of sp³-hybridized carbons (Fsp3) is 0.214. The summed E-state index contributed by atoms with van der Waals surface area (Å²) >= 11 is 1.65. The van der Waals surface area contributed by atoms with Crippen molar-refractivity contribution in [3.63, 3.8) is 0 Å². The second-order valence-electron chi connectivity index (χ2n) is 5.32. The molecule has 0 spiro atoms. The first kappa shape index (κ1) is 14.8. The van der Waals surface area contributed by atoms with E-state index in [9.17, 15) is 8.42 Å². The molecule has 0 saturated carbocycles. The van der Waals surface area contributed by atoms with Crippen molar-refractivity contribution in [1.29, 1.82) is 0 Å². The van der Waals surface area contributed by atoms with Crippen molar-refractivity contribution in [2.45, 2.75) is 23.5 Å². The molecule has 0 aromatic carbocycles. The highest BCUT2D eigenvalue weighted by Gasteiger charge is 2.30. The van der Waals surface area contributed by atoms with E-state index >= 15 is 0 Å². The van der Waals surface area contributed by atoms with Gasteiger partial charge in [0.05, 0.1) is 12.2 Å². The van der Waals surface area contributed by atoms with E-state index in [-0.39, 0.29) is 17.1 Å². The lowest BCUT2D eigenvalue weighted by molar-refractivity contribution is 0.506. The Morgan fingerprint density at radius 1 is 1.26 bits per heavy atom. The minimum absolute atomic E-state index is 0.104. The predicted molar refractivity (Wildman–Crippen MR) is 88.2 cm³/mol. The Labute approximate surface area is 137 Å². The summed E-state index contributed by atoms with van der Waals surface area (Å²) in [5.74, 6) is 0. The number of pyridine rings is 1. The van der Waals surface area contributed by atoms with Gasteiger partial charge in [0.25, 0.3) is 0 Å². The molecule has 0 aliphatic carbocycles. The smallest absolute Gasteiger partial charge is 0.244 e. The quantitative estimate of drug-likeness (QED) is 0.572. The van der Waals surface area contributed by atoms with Gasteiger partial charge in [0.1, 0.15) is 10.5 Å². The highest BCUT2D eigenvalue weighted by molar-refractivity contribution is 7.89. The number of sulfonamides is 1. The number of thiophene rings is 1. The summed E-state index contributed by atoms with van der Waals surface area (Å²) in [6, 6.07) is 7.58. The summed E-state index contributed by atoms with van der Waals surface area (Å²) in [6.45, 7) is 0. The van der Waals surface area contributed by atoms with Crippen molar-refractivity contribution in [2.75, 3.05) is 0 Å². The summed E-state index contributed by atoms with van der Waals surface area (Å²) in [5.41, 5.74) is 6.69. The standard InChI is InChI=1S/C14H15N5O2S2/c20-23(21,12-8-16-14-9(12)3-1-5-15-14)19-13-7-10(17-18-13)11-4-2-6-22-11/h1-6,8,10,13,17-19H,7H2,(H,15,16). The number of fused-ring (bicyclic) bond motifs is 1. The molecular formula is C14H15N5O2S2. The summed E-state index contributed by atoms with van der Waals surface area (Å²) in [4.78, 5) is 8.39. The molecule has 1 fully saturated rings. The molecule has 120 valence electrons. The zero-order valence-electron chi connectivity index (χ0n) is 12.0. The Hall–Kier alpha value is -1.78. The van der Waals surface area contributed by atoms with Crippen LogP contribution in [0.3, 0.4) is 0 Å². The van der Waals surface area contributed by atoms with Crippen LogP contribution in [0.4, 0.5) is 0 Å². The number of aromatic nitrogens is 2. The topological polar surface area (TPSA) is 98.9 Å². The molecule has 0 bridgehead atoms. The minimum atomic E-state index is -3.64. The summed E-state index contributed by atoms with van der Waals surface area (Å²) < 4.78 is 28.0. The molecule has 3 aromatic rings. The van der Waals surface area contributed by atoms with Gasteiger partial charge in [-0.25, -0.2) is 24.3 Å². The van der Waals surface area contributed by atoms with Gasteiger partial charge in [0.2, 0.25) is 10.0 Å². The SMILES string of the molecule is O=S(=O)(NC1CC(c2cccs2)NN1)c1c[nH]c2ncccc12. The van der Waals surface area contributed by atoms with E-state index in [0.717, 1.165) is 0 Å². The molecule has 4 rings (SSSR count). The third-order valence-corrected chi connectivity index (χ3v) is 6.29. The molecule has 2 unspecified atom stereocenters. The zero-order valence-corrected chi connectivity index (χ0v) is 13.6. The lowest BCUT2D eigenvalue weighted by Crippen LogP contribution is -2.44. The molecule has 4 heterocycles. The van der Waals surface area contributed by atoms with Gasteiger partial charge in [-0.1, -0.05) is 6.07 Å². The number of H-pyrrole nitrogens is 1. The molecular weight excluding hydrogens is 334 g/mol. The Kier molecular flexibility index (Phi) is 3.66. The summed E-state index contributed by atoms with van der Waals surface area (Å²) in [5, 5.41) is 2.59. The first-order chi connectivity index (χ1) is 11.1. The second-order valence-corrected chi connectivity index (χ2v) is 7.98. The first-order valence-corrected chi connectivity index (χ1v) is 9.49. The third kappa shape index (κ3) is 2.77. The first-order valence-electron chi connectivity index (χ1n) is 7.12. The van der Waals surface area contributed by atoms with Crippen molar-refractivity contribution < 1.29 is 8.42 Å². The lowest BCUT2D eigenvalue weighted by Gasteiger charge is -2.12. The Morgan fingerprint density at radius 3 is 3.00 bits per heavy atom. The van der Waals surface area contributed by atoms with E-state index in [4.69, 9.17) is 0 Å². The minimum Gasteiger partial charge on any atom is -0.345 e. The number of hydrogen-bond acceptors (Lipinski definition) is 6. The fourth-order valence-electron chi connectivity index (χ4n) is 2.71. The molecule has 0 amide bonds. The number of hydrogen-bond donors (Lipinski definition) is 4. The Balaban J connectivity index is 1.54. The zero-order chi connectivity index (χ0) is 15.9. The molecule has 7 nitrogen and oxygen atoms in total. The van der Waals surface area contributed by atoms with Gasteiger partial charge in [0, 0.05) is 22.7 Å². The van der Waals surface area contributed by atoms with Crippen molar-refractivity contribution in [3.05, 3.63) is 46.9 Å². The molecule has 1 aliphatic heterocycles. The van der Waals surface area contributed by atoms with Crippen molar-refractivity contribution in [2.24, 2.45) is 0 Å². The number of rotatable bonds is 4. The second kappa shape index (κ2) is 5.69. The van der Waals surface area contributed by atoms with Crippen LogP contribution < -0.4 is 15.6 Å². The van der Waals surface area contributed by atoms with E-state index in [1.807, 2.05) is 17.5 Å². The van der Waals surface area contributed by atoms with Crippen molar-refractivity contribution in [3.8, 4) is 0 Å². The maximum absolute atomic E-state index is 12.6. The van der Waals surface area contributed by atoms with Crippen LogP contribution in [-0.2, 0) is 10.0 Å². The Morgan fingerprint density at radius 2 is 2.17 bits per heavy atom. The van der Waals surface area contributed by atoms with Gasteiger partial charge >= 0.3 is 0 Å². The Bertz CT molecular complexity index is 920. The van der Waals surface area contributed by atoms with Crippen LogP contribution in [-0.4, -0.2) is 24.6 Å². The van der Waals surface area contributed by atoms with E-state index in [0.29, 0.717) is 17.5 Å². The predicted octanol–water partition coefficient (Wildman–Crippen LogP) is 1.47. The molecule has 9 heteroatoms. The molecule has 1 aliphatic rings. The number of aromatic amines is 1.